The molecule has 0 spiro atoms. The Hall–Kier alpha value is -1.59. The highest BCUT2D eigenvalue weighted by molar-refractivity contribution is 6.34. The maximum atomic E-state index is 13.1. The summed E-state index contributed by atoms with van der Waals surface area (Å²) in [5.74, 6) is 2.07. The van der Waals surface area contributed by atoms with Crippen LogP contribution in [-0.2, 0) is 9.53 Å². The van der Waals surface area contributed by atoms with Crippen LogP contribution < -0.4 is 10.6 Å². The largest absolute Gasteiger partial charge is 0.383 e. The second kappa shape index (κ2) is 7.44. The summed E-state index contributed by atoms with van der Waals surface area (Å²) in [5.41, 5.74) is 0.868. The average molecular weight is 391 g/mol. The lowest BCUT2D eigenvalue weighted by molar-refractivity contribution is -0.140. The van der Waals surface area contributed by atoms with Crippen LogP contribution in [0.25, 0.3) is 0 Å². The van der Waals surface area contributed by atoms with Crippen LogP contribution in [0, 0.1) is 23.2 Å². The summed E-state index contributed by atoms with van der Waals surface area (Å²) in [4.78, 5) is 25.3. The zero-order chi connectivity index (χ0) is 19.0. The third-order valence-corrected chi connectivity index (χ3v) is 6.90. The van der Waals surface area contributed by atoms with E-state index in [0.717, 1.165) is 37.0 Å². The number of carbonyl (C=O) groups excluding carboxylic acids is 2. The van der Waals surface area contributed by atoms with E-state index in [1.165, 1.54) is 19.3 Å². The second-order valence-corrected chi connectivity index (χ2v) is 9.00. The number of methoxy groups -OCH3 is 1. The Morgan fingerprint density at radius 3 is 2.33 bits per heavy atom. The number of nitrogens with one attached hydrogen (secondary N) is 2. The molecule has 2 N–H and O–H groups in total. The molecule has 0 radical (unpaired) electrons. The number of benzene rings is 1. The first kappa shape index (κ1) is 18.8. The van der Waals surface area contributed by atoms with E-state index in [2.05, 4.69) is 10.6 Å². The highest BCUT2D eigenvalue weighted by Gasteiger charge is 2.54. The summed E-state index contributed by atoms with van der Waals surface area (Å²) in [5, 5.41) is 6.18. The van der Waals surface area contributed by atoms with E-state index in [-0.39, 0.29) is 17.2 Å². The first-order valence-corrected chi connectivity index (χ1v) is 10.2. The Morgan fingerprint density at radius 1 is 1.15 bits per heavy atom. The number of rotatable bonds is 6. The molecule has 1 aromatic rings. The molecule has 4 bridgehead atoms. The number of halogens is 1. The minimum absolute atomic E-state index is 0.134. The van der Waals surface area contributed by atoms with Gasteiger partial charge in [-0.05, 0) is 74.5 Å². The molecule has 4 aliphatic rings. The quantitative estimate of drug-likeness (QED) is 0.724. The molecule has 4 aliphatic carbocycles. The molecule has 6 heteroatoms. The lowest BCUT2D eigenvalue weighted by atomic mass is 9.49. The molecule has 4 saturated carbocycles. The predicted octanol–water partition coefficient (Wildman–Crippen LogP) is 3.87. The van der Waals surface area contributed by atoms with Crippen LogP contribution >= 0.6 is 11.6 Å². The molecular weight excluding hydrogens is 364 g/mol. The van der Waals surface area contributed by atoms with Crippen molar-refractivity contribution in [3.63, 3.8) is 0 Å². The van der Waals surface area contributed by atoms with Crippen LogP contribution in [0.2, 0.25) is 5.02 Å². The van der Waals surface area contributed by atoms with Crippen molar-refractivity contribution >= 4 is 29.1 Å². The molecule has 0 aromatic heterocycles. The summed E-state index contributed by atoms with van der Waals surface area (Å²) in [6.45, 7) is 0.874. The Bertz CT molecular complexity index is 714. The van der Waals surface area contributed by atoms with Crippen molar-refractivity contribution in [1.82, 2.24) is 5.32 Å². The van der Waals surface area contributed by atoms with Crippen molar-refractivity contribution in [2.24, 2.45) is 23.2 Å². The Labute approximate surface area is 165 Å². The minimum atomic E-state index is -0.240. The van der Waals surface area contributed by atoms with Crippen molar-refractivity contribution in [2.75, 3.05) is 25.6 Å². The number of amides is 2. The molecule has 5 nitrogen and oxygen atoms in total. The SMILES string of the molecule is COCCNC(=O)c1ccc(NC(=O)C23CC4CC(CC(C4)C2)C3)cc1Cl. The zero-order valence-corrected chi connectivity index (χ0v) is 16.5. The van der Waals surface area contributed by atoms with Crippen molar-refractivity contribution in [3.8, 4) is 0 Å². The molecule has 4 fully saturated rings. The molecule has 0 saturated heterocycles. The molecule has 146 valence electrons. The standard InChI is InChI=1S/C21H27ClN2O3/c1-27-5-4-23-19(25)17-3-2-16(9-18(17)22)24-20(26)21-10-13-6-14(11-21)8-15(7-13)12-21/h2-3,9,13-15H,4-8,10-12H2,1H3,(H,23,25)(H,24,26). The Morgan fingerprint density at radius 2 is 1.78 bits per heavy atom. The zero-order valence-electron chi connectivity index (χ0n) is 15.7. The topological polar surface area (TPSA) is 67.4 Å². The fourth-order valence-electron chi connectivity index (χ4n) is 5.79. The average Bonchev–Trinajstić information content (AvgIpc) is 2.60. The Kier molecular flexibility index (Phi) is 5.17. The van der Waals surface area contributed by atoms with Crippen molar-refractivity contribution in [2.45, 2.75) is 38.5 Å². The van der Waals surface area contributed by atoms with Crippen LogP contribution in [0.4, 0.5) is 5.69 Å². The van der Waals surface area contributed by atoms with Crippen LogP contribution in [-0.4, -0.2) is 32.1 Å². The minimum Gasteiger partial charge on any atom is -0.383 e. The Balaban J connectivity index is 1.43. The molecule has 0 heterocycles. The van der Waals surface area contributed by atoms with Gasteiger partial charge >= 0.3 is 0 Å². The van der Waals surface area contributed by atoms with Crippen LogP contribution in [0.3, 0.4) is 0 Å². The highest BCUT2D eigenvalue weighted by Crippen LogP contribution is 2.60. The van der Waals surface area contributed by atoms with Gasteiger partial charge in [0.25, 0.3) is 5.91 Å². The van der Waals surface area contributed by atoms with E-state index in [0.29, 0.717) is 29.4 Å². The van der Waals surface area contributed by atoms with E-state index < -0.39 is 0 Å². The fourth-order valence-corrected chi connectivity index (χ4v) is 6.06. The summed E-state index contributed by atoms with van der Waals surface area (Å²) >= 11 is 6.30. The predicted molar refractivity (Wildman–Crippen MR) is 105 cm³/mol. The molecule has 2 amide bonds. The van der Waals surface area contributed by atoms with Gasteiger partial charge < -0.3 is 15.4 Å². The molecular formula is C21H27ClN2O3. The van der Waals surface area contributed by atoms with Gasteiger partial charge in [-0.15, -0.1) is 0 Å². The van der Waals surface area contributed by atoms with Crippen LogP contribution in [0.5, 0.6) is 0 Å². The number of hydrogen-bond donors (Lipinski definition) is 2. The lowest BCUT2D eigenvalue weighted by Crippen LogP contribution is -2.51. The van der Waals surface area contributed by atoms with Gasteiger partial charge in [0.15, 0.2) is 0 Å². The monoisotopic (exact) mass is 390 g/mol. The van der Waals surface area contributed by atoms with Crippen LogP contribution in [0.15, 0.2) is 18.2 Å². The number of hydrogen-bond acceptors (Lipinski definition) is 3. The first-order valence-electron chi connectivity index (χ1n) is 9.87. The molecule has 5 rings (SSSR count). The molecule has 0 aliphatic heterocycles. The molecule has 0 unspecified atom stereocenters. The van der Waals surface area contributed by atoms with Crippen molar-refractivity contribution in [3.05, 3.63) is 28.8 Å². The van der Waals surface area contributed by atoms with Crippen molar-refractivity contribution < 1.29 is 14.3 Å². The van der Waals surface area contributed by atoms with Gasteiger partial charge in [-0.3, -0.25) is 9.59 Å². The third-order valence-electron chi connectivity index (χ3n) is 6.58. The summed E-state index contributed by atoms with van der Waals surface area (Å²) in [7, 11) is 1.58. The van der Waals surface area contributed by atoms with E-state index in [1.807, 2.05) is 0 Å². The lowest BCUT2D eigenvalue weighted by Gasteiger charge is -2.55. The molecule has 27 heavy (non-hydrogen) atoms. The third kappa shape index (κ3) is 3.72. The van der Waals surface area contributed by atoms with E-state index in [1.54, 1.807) is 25.3 Å². The van der Waals surface area contributed by atoms with E-state index in [9.17, 15) is 9.59 Å². The summed E-state index contributed by atoms with van der Waals surface area (Å²) in [6.07, 6.45) is 7.01. The smallest absolute Gasteiger partial charge is 0.252 e. The van der Waals surface area contributed by atoms with Gasteiger partial charge in [-0.2, -0.15) is 0 Å². The van der Waals surface area contributed by atoms with Crippen molar-refractivity contribution in [1.29, 1.82) is 0 Å². The first-order chi connectivity index (χ1) is 13.0. The van der Waals surface area contributed by atoms with Crippen LogP contribution in [0.1, 0.15) is 48.9 Å². The fraction of sp³-hybridized carbons (Fsp3) is 0.619. The number of anilines is 1. The maximum absolute atomic E-state index is 13.1. The summed E-state index contributed by atoms with van der Waals surface area (Å²) < 4.78 is 4.93. The van der Waals surface area contributed by atoms with Gasteiger partial charge in [0.1, 0.15) is 0 Å². The molecule has 1 aromatic carbocycles. The summed E-state index contributed by atoms with van der Waals surface area (Å²) in [6, 6.07) is 5.10. The number of ether oxygens (including phenoxy) is 1. The highest BCUT2D eigenvalue weighted by atomic mass is 35.5. The van der Waals surface area contributed by atoms with E-state index in [4.69, 9.17) is 16.3 Å². The molecule has 0 atom stereocenters. The van der Waals surface area contributed by atoms with Gasteiger partial charge in [0.05, 0.1) is 22.6 Å². The van der Waals surface area contributed by atoms with Gasteiger partial charge in [0, 0.05) is 19.3 Å². The normalized spacial score (nSPS) is 31.0. The van der Waals surface area contributed by atoms with E-state index >= 15 is 0 Å². The maximum Gasteiger partial charge on any atom is 0.252 e. The number of carbonyl (C=O) groups is 2. The van der Waals surface area contributed by atoms with Gasteiger partial charge in [-0.1, -0.05) is 11.6 Å². The van der Waals surface area contributed by atoms with Gasteiger partial charge in [-0.25, -0.2) is 0 Å². The second-order valence-electron chi connectivity index (χ2n) is 8.60. The van der Waals surface area contributed by atoms with Gasteiger partial charge in [0.2, 0.25) is 5.91 Å².